The third-order valence-electron chi connectivity index (χ3n) is 8.73. The molecule has 44 heavy (non-hydrogen) atoms. The Morgan fingerprint density at radius 3 is 2.41 bits per heavy atom. The summed E-state index contributed by atoms with van der Waals surface area (Å²) in [5.74, 6) is 1.09. The summed E-state index contributed by atoms with van der Waals surface area (Å²) in [6.07, 6.45) is 6.69. The maximum atomic E-state index is 15.0. The number of piperazine rings is 1. The number of benzene rings is 1. The average Bonchev–Trinajstić information content (AvgIpc) is 3.69. The molecule has 0 atom stereocenters. The average molecular weight is 615 g/mol. The molecule has 1 aliphatic carbocycles. The molecule has 0 spiro atoms. The minimum Gasteiger partial charge on any atom is -0.453 e. The number of ketones is 2. The van der Waals surface area contributed by atoms with Gasteiger partial charge in [-0.3, -0.25) is 29.4 Å². The lowest BCUT2D eigenvalue weighted by molar-refractivity contribution is -0.126. The fourth-order valence-corrected chi connectivity index (χ4v) is 6.66. The van der Waals surface area contributed by atoms with Crippen molar-refractivity contribution in [2.75, 3.05) is 32.7 Å². The van der Waals surface area contributed by atoms with E-state index in [9.17, 15) is 14.0 Å². The second-order valence-electron chi connectivity index (χ2n) is 12.9. The summed E-state index contributed by atoms with van der Waals surface area (Å²) in [7, 11) is 0. The zero-order valence-electron chi connectivity index (χ0n) is 25.6. The van der Waals surface area contributed by atoms with E-state index in [0.717, 1.165) is 78.5 Å². The van der Waals surface area contributed by atoms with Gasteiger partial charge in [-0.05, 0) is 61.1 Å². The summed E-state index contributed by atoms with van der Waals surface area (Å²) in [5.41, 5.74) is 3.13. The van der Waals surface area contributed by atoms with Gasteiger partial charge in [-0.1, -0.05) is 26.0 Å². The summed E-state index contributed by atoms with van der Waals surface area (Å²) < 4.78 is 21.8. The molecule has 3 aromatic heterocycles. The number of nitrogens with zero attached hydrogens (tertiary/aromatic N) is 4. The van der Waals surface area contributed by atoms with Crippen molar-refractivity contribution in [3.8, 4) is 22.1 Å². The Kier molecular flexibility index (Phi) is 8.89. The fourth-order valence-electron chi connectivity index (χ4n) is 5.62. The largest absolute Gasteiger partial charge is 0.453 e. The molecule has 1 aromatic carbocycles. The Hall–Kier alpha value is -3.53. The standard InChI is InChI=1S/C35H39FN4O3S/c1-23(41)35(2,3)22-40-14-12-39(13-15-40)21-26-6-8-29(38-20-26)33-19-30-34(44-33)32(10-11-37-30)43-31-9-7-25(18-28(31)36)17-27(42)16-24-4-5-24/h6-11,18-20,24H,4-5,12-17,21-22H2,1-3H3. The lowest BCUT2D eigenvalue weighted by Gasteiger charge is -2.38. The molecule has 0 bridgehead atoms. The quantitative estimate of drug-likeness (QED) is 0.171. The number of carbonyl (C=O) groups is 2. The van der Waals surface area contributed by atoms with Crippen LogP contribution >= 0.6 is 11.3 Å². The molecule has 1 aliphatic heterocycles. The minimum absolute atomic E-state index is 0.122. The fraction of sp³-hybridized carbons (Fsp3) is 0.429. The summed E-state index contributed by atoms with van der Waals surface area (Å²) >= 11 is 1.52. The Morgan fingerprint density at radius 1 is 0.977 bits per heavy atom. The summed E-state index contributed by atoms with van der Waals surface area (Å²) in [6, 6.07) is 12.7. The van der Waals surface area contributed by atoms with Gasteiger partial charge >= 0.3 is 0 Å². The number of hydrogen-bond acceptors (Lipinski definition) is 8. The first-order valence-electron chi connectivity index (χ1n) is 15.4. The second kappa shape index (κ2) is 12.8. The van der Waals surface area contributed by atoms with Gasteiger partial charge in [-0.25, -0.2) is 4.39 Å². The topological polar surface area (TPSA) is 75.6 Å². The summed E-state index contributed by atoms with van der Waals surface area (Å²) in [6.45, 7) is 11.2. The van der Waals surface area contributed by atoms with Crippen molar-refractivity contribution in [2.45, 2.75) is 53.0 Å². The highest BCUT2D eigenvalue weighted by atomic mass is 32.1. The third-order valence-corrected chi connectivity index (χ3v) is 9.89. The number of hydrogen-bond donors (Lipinski definition) is 0. The van der Waals surface area contributed by atoms with Crippen LogP contribution < -0.4 is 4.74 Å². The van der Waals surface area contributed by atoms with Gasteiger partial charge in [0.05, 0.1) is 20.8 Å². The maximum absolute atomic E-state index is 15.0. The number of thiophene rings is 1. The number of pyridine rings is 2. The zero-order valence-corrected chi connectivity index (χ0v) is 26.5. The van der Waals surface area contributed by atoms with Gasteiger partial charge in [0, 0.05) is 76.0 Å². The monoisotopic (exact) mass is 614 g/mol. The van der Waals surface area contributed by atoms with E-state index in [4.69, 9.17) is 9.72 Å². The van der Waals surface area contributed by atoms with Gasteiger partial charge in [0.25, 0.3) is 0 Å². The van der Waals surface area contributed by atoms with E-state index in [0.29, 0.717) is 23.7 Å². The molecule has 0 N–H and O–H groups in total. The van der Waals surface area contributed by atoms with Crippen LogP contribution in [0.5, 0.6) is 11.5 Å². The van der Waals surface area contributed by atoms with Crippen LogP contribution in [0.2, 0.25) is 0 Å². The van der Waals surface area contributed by atoms with E-state index in [-0.39, 0.29) is 29.2 Å². The molecule has 4 aromatic rings. The van der Waals surface area contributed by atoms with Gasteiger partial charge in [-0.2, -0.15) is 0 Å². The molecule has 4 heterocycles. The predicted molar refractivity (Wildman–Crippen MR) is 172 cm³/mol. The number of rotatable bonds is 12. The first-order valence-corrected chi connectivity index (χ1v) is 16.2. The molecule has 230 valence electrons. The summed E-state index contributed by atoms with van der Waals surface area (Å²) in [4.78, 5) is 39.2. The molecule has 0 amide bonds. The van der Waals surface area contributed by atoms with Crippen LogP contribution in [-0.2, 0) is 22.6 Å². The van der Waals surface area contributed by atoms with E-state index < -0.39 is 5.82 Å². The molecule has 6 rings (SSSR count). The van der Waals surface area contributed by atoms with Crippen LogP contribution in [0, 0.1) is 17.2 Å². The van der Waals surface area contributed by atoms with E-state index in [1.54, 1.807) is 31.3 Å². The summed E-state index contributed by atoms with van der Waals surface area (Å²) in [5, 5.41) is 0. The van der Waals surface area contributed by atoms with Crippen molar-refractivity contribution in [3.63, 3.8) is 0 Å². The van der Waals surface area contributed by atoms with E-state index in [1.165, 1.54) is 17.4 Å². The van der Waals surface area contributed by atoms with Crippen LogP contribution in [0.3, 0.4) is 0 Å². The van der Waals surface area contributed by atoms with E-state index in [2.05, 4.69) is 20.9 Å². The zero-order chi connectivity index (χ0) is 30.8. The van der Waals surface area contributed by atoms with Crippen LogP contribution in [0.15, 0.2) is 54.9 Å². The number of aromatic nitrogens is 2. The van der Waals surface area contributed by atoms with Crippen molar-refractivity contribution in [2.24, 2.45) is 11.3 Å². The van der Waals surface area contributed by atoms with E-state index >= 15 is 0 Å². The van der Waals surface area contributed by atoms with Crippen LogP contribution in [0.1, 0.15) is 51.2 Å². The Morgan fingerprint density at radius 2 is 1.73 bits per heavy atom. The smallest absolute Gasteiger partial charge is 0.166 e. The van der Waals surface area contributed by atoms with Crippen molar-refractivity contribution < 1.29 is 18.7 Å². The normalized spacial score (nSPS) is 16.4. The SMILES string of the molecule is CC(=O)C(C)(C)CN1CCN(Cc2ccc(-c3cc4nccc(Oc5ccc(CC(=O)CC6CC6)cc5F)c4s3)nc2)CC1. The van der Waals surface area contributed by atoms with Crippen LogP contribution in [-0.4, -0.2) is 64.1 Å². The first kappa shape index (κ1) is 30.5. The van der Waals surface area contributed by atoms with Gasteiger partial charge in [0.15, 0.2) is 11.6 Å². The second-order valence-corrected chi connectivity index (χ2v) is 14.0. The van der Waals surface area contributed by atoms with Gasteiger partial charge in [0.2, 0.25) is 0 Å². The van der Waals surface area contributed by atoms with Crippen molar-refractivity contribution in [1.29, 1.82) is 0 Å². The lowest BCUT2D eigenvalue weighted by Crippen LogP contribution is -2.49. The lowest BCUT2D eigenvalue weighted by atomic mass is 9.88. The number of ether oxygens (including phenoxy) is 1. The molecule has 0 radical (unpaired) electrons. The molecule has 7 nitrogen and oxygen atoms in total. The Balaban J connectivity index is 1.08. The third kappa shape index (κ3) is 7.39. The van der Waals surface area contributed by atoms with E-state index in [1.807, 2.05) is 32.2 Å². The Labute approximate surface area is 262 Å². The first-order chi connectivity index (χ1) is 21.1. The number of fused-ring (bicyclic) bond motifs is 1. The van der Waals surface area contributed by atoms with Crippen molar-refractivity contribution in [3.05, 3.63) is 71.8 Å². The molecule has 1 saturated carbocycles. The van der Waals surface area contributed by atoms with Gasteiger partial charge < -0.3 is 4.74 Å². The van der Waals surface area contributed by atoms with Gasteiger partial charge in [-0.15, -0.1) is 11.3 Å². The maximum Gasteiger partial charge on any atom is 0.166 e. The highest BCUT2D eigenvalue weighted by Gasteiger charge is 2.28. The molecule has 2 fully saturated rings. The number of carbonyl (C=O) groups excluding carboxylic acids is 2. The predicted octanol–water partition coefficient (Wildman–Crippen LogP) is 6.93. The molecule has 2 aliphatic rings. The molecular formula is C35H39FN4O3S. The Bertz CT molecular complexity index is 1660. The molecule has 9 heteroatoms. The minimum atomic E-state index is -0.484. The highest BCUT2D eigenvalue weighted by Crippen LogP contribution is 2.39. The highest BCUT2D eigenvalue weighted by molar-refractivity contribution is 7.22. The molecular weight excluding hydrogens is 575 g/mol. The number of Topliss-reactive ketones (excluding diaryl/α,β-unsaturated/α-hetero) is 2. The van der Waals surface area contributed by atoms with Crippen LogP contribution in [0.25, 0.3) is 20.8 Å². The van der Waals surface area contributed by atoms with Crippen molar-refractivity contribution >= 4 is 33.1 Å². The number of halogens is 1. The molecule has 1 saturated heterocycles. The van der Waals surface area contributed by atoms with Gasteiger partial charge in [0.1, 0.15) is 17.3 Å². The van der Waals surface area contributed by atoms with Crippen molar-refractivity contribution in [1.82, 2.24) is 19.8 Å². The van der Waals surface area contributed by atoms with Crippen LogP contribution in [0.4, 0.5) is 4.39 Å². The molecule has 0 unspecified atom stereocenters.